The van der Waals surface area contributed by atoms with Crippen LogP contribution in [0.5, 0.6) is 0 Å². The van der Waals surface area contributed by atoms with Crippen LogP contribution in [-0.4, -0.2) is 20.3 Å². The summed E-state index contributed by atoms with van der Waals surface area (Å²) in [6, 6.07) is 5.79. The van der Waals surface area contributed by atoms with E-state index in [2.05, 4.69) is 20.3 Å². The Bertz CT molecular complexity index is 664. The lowest BCUT2D eigenvalue weighted by Crippen LogP contribution is -1.95. The molecule has 84 valence electrons. The Hall–Kier alpha value is -2.34. The highest BCUT2D eigenvalue weighted by Crippen LogP contribution is 2.21. The molecule has 2 N–H and O–H groups in total. The summed E-state index contributed by atoms with van der Waals surface area (Å²) in [6.45, 7) is 0.242. The predicted octanol–water partition coefficient (Wildman–Crippen LogP) is 1.14. The van der Waals surface area contributed by atoms with E-state index in [0.29, 0.717) is 11.7 Å². The third kappa shape index (κ3) is 1.74. The van der Waals surface area contributed by atoms with E-state index in [4.69, 9.17) is 10.3 Å². The summed E-state index contributed by atoms with van der Waals surface area (Å²) in [5.41, 5.74) is 6.29. The van der Waals surface area contributed by atoms with Crippen molar-refractivity contribution in [1.82, 2.24) is 20.3 Å². The molecule has 6 heteroatoms. The number of fused-ring (bicyclic) bond motifs is 1. The molecule has 3 aromatic rings. The summed E-state index contributed by atoms with van der Waals surface area (Å²) in [5.74, 6) is 0.956. The summed E-state index contributed by atoms with van der Waals surface area (Å²) < 4.78 is 4.97. The van der Waals surface area contributed by atoms with Crippen LogP contribution in [0.1, 0.15) is 5.89 Å². The minimum Gasteiger partial charge on any atom is -0.338 e. The summed E-state index contributed by atoms with van der Waals surface area (Å²) in [6.07, 6.45) is 3.41. The van der Waals surface area contributed by atoms with Crippen LogP contribution in [0.2, 0.25) is 0 Å². The first-order valence-electron chi connectivity index (χ1n) is 5.10. The van der Waals surface area contributed by atoms with E-state index in [-0.39, 0.29) is 6.54 Å². The Morgan fingerprint density at radius 2 is 1.94 bits per heavy atom. The second-order valence-electron chi connectivity index (χ2n) is 3.55. The van der Waals surface area contributed by atoms with Gasteiger partial charge in [0, 0.05) is 16.3 Å². The second kappa shape index (κ2) is 3.91. The zero-order valence-corrected chi connectivity index (χ0v) is 8.87. The van der Waals surface area contributed by atoms with E-state index in [9.17, 15) is 0 Å². The number of nitrogens with zero attached hydrogens (tertiary/aromatic N) is 4. The molecule has 17 heavy (non-hydrogen) atoms. The minimum absolute atomic E-state index is 0.242. The lowest BCUT2D eigenvalue weighted by molar-refractivity contribution is 0.380. The average molecular weight is 227 g/mol. The maximum Gasteiger partial charge on any atom is 0.240 e. The van der Waals surface area contributed by atoms with Gasteiger partial charge in [-0.25, -0.2) is 0 Å². The quantitative estimate of drug-likeness (QED) is 0.705. The van der Waals surface area contributed by atoms with Gasteiger partial charge in [-0.2, -0.15) is 15.2 Å². The van der Waals surface area contributed by atoms with E-state index in [1.54, 1.807) is 12.4 Å². The fourth-order valence-corrected chi connectivity index (χ4v) is 1.59. The summed E-state index contributed by atoms with van der Waals surface area (Å²) in [4.78, 5) is 4.17. The first-order valence-corrected chi connectivity index (χ1v) is 5.10. The van der Waals surface area contributed by atoms with Gasteiger partial charge >= 0.3 is 0 Å². The van der Waals surface area contributed by atoms with Crippen molar-refractivity contribution in [2.24, 2.45) is 5.73 Å². The molecule has 0 fully saturated rings. The molecule has 0 aliphatic heterocycles. The minimum atomic E-state index is 0.242. The molecular formula is C11H9N5O. The van der Waals surface area contributed by atoms with Gasteiger partial charge in [-0.05, 0) is 6.07 Å². The third-order valence-electron chi connectivity index (χ3n) is 2.45. The highest BCUT2D eigenvalue weighted by Gasteiger charge is 2.07. The van der Waals surface area contributed by atoms with Gasteiger partial charge in [0.25, 0.3) is 0 Å². The first-order chi connectivity index (χ1) is 8.36. The van der Waals surface area contributed by atoms with Crippen molar-refractivity contribution in [3.05, 3.63) is 36.5 Å². The summed E-state index contributed by atoms with van der Waals surface area (Å²) in [5, 5.41) is 13.5. The lowest BCUT2D eigenvalue weighted by Gasteiger charge is -1.97. The molecule has 0 saturated carbocycles. The zero-order chi connectivity index (χ0) is 11.7. The van der Waals surface area contributed by atoms with E-state index in [1.165, 1.54) is 0 Å². The average Bonchev–Trinajstić information content (AvgIpc) is 2.87. The lowest BCUT2D eigenvalue weighted by atomic mass is 10.1. The Labute approximate surface area is 96.5 Å². The molecule has 2 heterocycles. The van der Waals surface area contributed by atoms with Crippen LogP contribution in [0.15, 0.2) is 35.1 Å². The molecular weight excluding hydrogens is 218 g/mol. The molecule has 0 aliphatic carbocycles. The Morgan fingerprint density at radius 3 is 2.71 bits per heavy atom. The van der Waals surface area contributed by atoms with E-state index >= 15 is 0 Å². The van der Waals surface area contributed by atoms with Crippen molar-refractivity contribution in [3.63, 3.8) is 0 Å². The van der Waals surface area contributed by atoms with Gasteiger partial charge < -0.3 is 10.3 Å². The van der Waals surface area contributed by atoms with Crippen molar-refractivity contribution in [3.8, 4) is 11.4 Å². The maximum atomic E-state index is 5.42. The number of hydrogen-bond donors (Lipinski definition) is 1. The van der Waals surface area contributed by atoms with E-state index in [1.807, 2.05) is 18.2 Å². The number of benzene rings is 1. The third-order valence-corrected chi connectivity index (χ3v) is 2.45. The molecule has 1 aromatic carbocycles. The Kier molecular flexibility index (Phi) is 2.27. The van der Waals surface area contributed by atoms with Crippen LogP contribution < -0.4 is 5.73 Å². The molecule has 0 radical (unpaired) electrons. The van der Waals surface area contributed by atoms with Gasteiger partial charge in [0.15, 0.2) is 0 Å². The van der Waals surface area contributed by atoms with Crippen LogP contribution >= 0.6 is 0 Å². The molecule has 0 bridgehead atoms. The number of hydrogen-bond acceptors (Lipinski definition) is 6. The van der Waals surface area contributed by atoms with Gasteiger partial charge in [-0.1, -0.05) is 17.3 Å². The monoisotopic (exact) mass is 227 g/mol. The van der Waals surface area contributed by atoms with Crippen molar-refractivity contribution in [2.45, 2.75) is 6.54 Å². The van der Waals surface area contributed by atoms with Crippen LogP contribution in [0.3, 0.4) is 0 Å². The normalized spacial score (nSPS) is 10.9. The van der Waals surface area contributed by atoms with E-state index in [0.717, 1.165) is 16.3 Å². The number of rotatable bonds is 2. The van der Waals surface area contributed by atoms with Crippen molar-refractivity contribution in [1.29, 1.82) is 0 Å². The van der Waals surface area contributed by atoms with Crippen LogP contribution in [0.4, 0.5) is 0 Å². The largest absolute Gasteiger partial charge is 0.338 e. The van der Waals surface area contributed by atoms with E-state index < -0.39 is 0 Å². The van der Waals surface area contributed by atoms with Gasteiger partial charge in [0.1, 0.15) is 0 Å². The molecule has 0 amide bonds. The molecule has 6 nitrogen and oxygen atoms in total. The van der Waals surface area contributed by atoms with Crippen molar-refractivity contribution >= 4 is 10.8 Å². The predicted molar refractivity (Wildman–Crippen MR) is 60.7 cm³/mol. The molecule has 2 aromatic heterocycles. The molecule has 0 saturated heterocycles. The smallest absolute Gasteiger partial charge is 0.240 e. The standard InChI is InChI=1S/C11H9N5O/c12-4-10-15-11(16-17-10)7-1-2-8-5-13-14-6-9(8)3-7/h1-3,5-6H,4,12H2. The number of aromatic nitrogens is 4. The number of nitrogens with two attached hydrogens (primary N) is 1. The molecule has 3 rings (SSSR count). The highest BCUT2D eigenvalue weighted by atomic mass is 16.5. The fraction of sp³-hybridized carbons (Fsp3) is 0.0909. The van der Waals surface area contributed by atoms with Gasteiger partial charge in [-0.3, -0.25) is 0 Å². The van der Waals surface area contributed by atoms with Crippen LogP contribution in [-0.2, 0) is 6.54 Å². The first kappa shape index (κ1) is 9.86. The van der Waals surface area contributed by atoms with Crippen LogP contribution in [0.25, 0.3) is 22.2 Å². The van der Waals surface area contributed by atoms with Crippen molar-refractivity contribution < 1.29 is 4.52 Å². The zero-order valence-electron chi connectivity index (χ0n) is 8.87. The molecule has 0 aliphatic rings. The van der Waals surface area contributed by atoms with Gasteiger partial charge in [0.2, 0.25) is 11.7 Å². The topological polar surface area (TPSA) is 90.7 Å². The van der Waals surface area contributed by atoms with Crippen molar-refractivity contribution in [2.75, 3.05) is 0 Å². The fourth-order valence-electron chi connectivity index (χ4n) is 1.59. The molecule has 0 atom stereocenters. The Morgan fingerprint density at radius 1 is 1.12 bits per heavy atom. The molecule has 0 spiro atoms. The Balaban J connectivity index is 2.11. The molecule has 0 unspecified atom stereocenters. The van der Waals surface area contributed by atoms with Gasteiger partial charge in [0.05, 0.1) is 18.9 Å². The van der Waals surface area contributed by atoms with Gasteiger partial charge in [-0.15, -0.1) is 0 Å². The second-order valence-corrected chi connectivity index (χ2v) is 3.55. The highest BCUT2D eigenvalue weighted by molar-refractivity contribution is 5.84. The maximum absolute atomic E-state index is 5.42. The van der Waals surface area contributed by atoms with Crippen LogP contribution in [0, 0.1) is 0 Å². The SMILES string of the molecule is NCc1nc(-c2ccc3cnncc3c2)no1. The summed E-state index contributed by atoms with van der Waals surface area (Å²) >= 11 is 0. The summed E-state index contributed by atoms with van der Waals surface area (Å²) in [7, 11) is 0.